The van der Waals surface area contributed by atoms with Crippen LogP contribution in [0.5, 0.6) is 0 Å². The van der Waals surface area contributed by atoms with Gasteiger partial charge in [0.25, 0.3) is 5.78 Å². The third kappa shape index (κ3) is 3.07. The van der Waals surface area contributed by atoms with Crippen LogP contribution in [0.25, 0.3) is 0 Å². The standard InChI is InChI=1S/C9H8O2.C3H3ClO3/c1-2-11-9(10)8-5-6-3-4-7(6)8;4-1-2(5)3(6)7/h3-5H,2H2,1H3;1H2,(H,6,7). The summed E-state index contributed by atoms with van der Waals surface area (Å²) in [6.07, 6.45) is 0. The van der Waals surface area contributed by atoms with E-state index in [1.54, 1.807) is 0 Å². The fourth-order valence-corrected chi connectivity index (χ4v) is 1.34. The molecular weight excluding hydrogens is 260 g/mol. The van der Waals surface area contributed by atoms with E-state index >= 15 is 0 Å². The molecule has 0 amide bonds. The highest BCUT2D eigenvalue weighted by atomic mass is 35.5. The van der Waals surface area contributed by atoms with E-state index in [1.807, 2.05) is 25.1 Å². The van der Waals surface area contributed by atoms with Gasteiger partial charge >= 0.3 is 11.9 Å². The highest BCUT2D eigenvalue weighted by molar-refractivity contribution is 6.44. The van der Waals surface area contributed by atoms with Gasteiger partial charge in [-0.25, -0.2) is 9.59 Å². The van der Waals surface area contributed by atoms with Crippen molar-refractivity contribution in [2.24, 2.45) is 0 Å². The van der Waals surface area contributed by atoms with Gasteiger partial charge in [0.15, 0.2) is 0 Å². The summed E-state index contributed by atoms with van der Waals surface area (Å²) in [4.78, 5) is 30.3. The average Bonchev–Trinajstić information content (AvgIpc) is 2.32. The Hall–Kier alpha value is -1.88. The van der Waals surface area contributed by atoms with E-state index < -0.39 is 17.6 Å². The Morgan fingerprint density at radius 1 is 1.33 bits per heavy atom. The predicted molar refractivity (Wildman–Crippen MR) is 63.4 cm³/mol. The van der Waals surface area contributed by atoms with Crippen LogP contribution in [0.15, 0.2) is 18.2 Å². The lowest BCUT2D eigenvalue weighted by molar-refractivity contribution is -0.147. The number of carboxylic acids is 1. The van der Waals surface area contributed by atoms with Crippen LogP contribution in [0.1, 0.15) is 17.3 Å². The molecule has 0 fully saturated rings. The van der Waals surface area contributed by atoms with Gasteiger partial charge in [-0.3, -0.25) is 4.79 Å². The second kappa shape index (κ2) is 6.16. The number of hydrogen-bond donors (Lipinski definition) is 1. The van der Waals surface area contributed by atoms with Gasteiger partial charge in [0.05, 0.1) is 18.1 Å². The summed E-state index contributed by atoms with van der Waals surface area (Å²) in [5.41, 5.74) is 0.726. The molecule has 2 rings (SSSR count). The Labute approximate surface area is 108 Å². The number of rotatable bonds is 4. The summed E-state index contributed by atoms with van der Waals surface area (Å²) in [5, 5.41) is 9.98. The number of benzene rings is 1. The normalized spacial score (nSPS) is 9.89. The van der Waals surface area contributed by atoms with E-state index in [0.717, 1.165) is 10.8 Å². The van der Waals surface area contributed by atoms with E-state index in [-0.39, 0.29) is 5.97 Å². The fourth-order valence-electron chi connectivity index (χ4n) is 1.22. The van der Waals surface area contributed by atoms with Crippen molar-refractivity contribution in [1.29, 1.82) is 0 Å². The molecule has 2 aliphatic rings. The zero-order valence-electron chi connectivity index (χ0n) is 9.60. The van der Waals surface area contributed by atoms with Gasteiger partial charge < -0.3 is 9.84 Å². The van der Waals surface area contributed by atoms with E-state index in [4.69, 9.17) is 21.4 Å². The van der Waals surface area contributed by atoms with E-state index in [2.05, 4.69) is 0 Å². The van der Waals surface area contributed by atoms with E-state index in [1.165, 1.54) is 5.22 Å². The Morgan fingerprint density at radius 3 is 2.22 bits per heavy atom. The van der Waals surface area contributed by atoms with Crippen LogP contribution >= 0.6 is 11.6 Å². The molecule has 0 saturated heterocycles. The summed E-state index contributed by atoms with van der Waals surface area (Å²) < 4.78 is 4.82. The largest absolute Gasteiger partial charge is 0.475 e. The minimum atomic E-state index is -1.48. The SMILES string of the molecule is CCOC(=O)c1cc2ccc1=2.O=C(O)C(=O)CCl. The number of alkyl halides is 1. The van der Waals surface area contributed by atoms with Crippen molar-refractivity contribution >= 4 is 29.3 Å². The molecule has 0 bridgehead atoms. The van der Waals surface area contributed by atoms with Crippen molar-refractivity contribution in [3.8, 4) is 0 Å². The molecule has 1 N–H and O–H groups in total. The lowest BCUT2D eigenvalue weighted by Gasteiger charge is -2.09. The maximum atomic E-state index is 11.1. The molecule has 0 aromatic rings. The minimum absolute atomic E-state index is 0.199. The third-order valence-corrected chi connectivity index (χ3v) is 2.43. The molecule has 5 nitrogen and oxygen atoms in total. The van der Waals surface area contributed by atoms with Crippen molar-refractivity contribution in [2.75, 3.05) is 12.5 Å². The first-order valence-electron chi connectivity index (χ1n) is 5.14. The van der Waals surface area contributed by atoms with Crippen molar-refractivity contribution in [2.45, 2.75) is 6.92 Å². The van der Waals surface area contributed by atoms with Gasteiger partial charge in [-0.2, -0.15) is 0 Å². The number of ether oxygens (including phenoxy) is 1. The van der Waals surface area contributed by atoms with Crippen molar-refractivity contribution in [1.82, 2.24) is 0 Å². The van der Waals surface area contributed by atoms with Gasteiger partial charge in [0, 0.05) is 0 Å². The first kappa shape index (κ1) is 14.2. The van der Waals surface area contributed by atoms with Crippen LogP contribution in [-0.2, 0) is 14.3 Å². The van der Waals surface area contributed by atoms with E-state index in [9.17, 15) is 14.4 Å². The molecule has 0 atom stereocenters. The number of carboxylic acid groups (broad SMARTS) is 1. The smallest absolute Gasteiger partial charge is 0.373 e. The zero-order valence-corrected chi connectivity index (χ0v) is 10.4. The summed E-state index contributed by atoms with van der Waals surface area (Å²) >= 11 is 4.82. The van der Waals surface area contributed by atoms with Crippen LogP contribution in [0, 0.1) is 10.4 Å². The van der Waals surface area contributed by atoms with Crippen molar-refractivity contribution in [3.63, 3.8) is 0 Å². The van der Waals surface area contributed by atoms with Crippen molar-refractivity contribution in [3.05, 3.63) is 34.2 Å². The number of esters is 1. The maximum Gasteiger partial charge on any atom is 0.373 e. The topological polar surface area (TPSA) is 80.7 Å². The van der Waals surface area contributed by atoms with E-state index in [0.29, 0.717) is 6.61 Å². The number of aliphatic carboxylic acids is 1. The molecule has 0 saturated carbocycles. The number of hydrogen-bond acceptors (Lipinski definition) is 4. The van der Waals surface area contributed by atoms with Crippen molar-refractivity contribution < 1.29 is 24.2 Å². The van der Waals surface area contributed by atoms with Crippen LogP contribution in [0.2, 0.25) is 0 Å². The molecule has 0 aromatic heterocycles. The molecule has 0 aromatic carbocycles. The van der Waals surface area contributed by atoms with Gasteiger partial charge in [0.2, 0.25) is 0 Å². The molecule has 2 aliphatic carbocycles. The Morgan fingerprint density at radius 2 is 2.00 bits per heavy atom. The maximum absolute atomic E-state index is 11.1. The number of Topliss-reactive ketones (excluding diaryl/α,β-unsaturated/α-hetero) is 1. The van der Waals surface area contributed by atoms with Crippen LogP contribution in [0.4, 0.5) is 0 Å². The second-order valence-corrected chi connectivity index (χ2v) is 3.61. The Bertz CT molecular complexity index is 579. The van der Waals surface area contributed by atoms with Gasteiger partial charge in [-0.05, 0) is 23.4 Å². The van der Waals surface area contributed by atoms with Crippen LogP contribution in [0.3, 0.4) is 0 Å². The lowest BCUT2D eigenvalue weighted by Crippen LogP contribution is -2.12. The summed E-state index contributed by atoms with van der Waals surface area (Å²) in [6.45, 7) is 2.26. The van der Waals surface area contributed by atoms with Crippen LogP contribution < -0.4 is 0 Å². The molecule has 96 valence electrons. The first-order valence-corrected chi connectivity index (χ1v) is 5.68. The molecule has 0 spiro atoms. The molecule has 6 heteroatoms. The quantitative estimate of drug-likeness (QED) is 0.515. The zero-order chi connectivity index (χ0) is 13.7. The Kier molecular flexibility index (Phi) is 4.85. The molecule has 18 heavy (non-hydrogen) atoms. The number of ketones is 1. The number of halogens is 1. The predicted octanol–water partition coefficient (Wildman–Crippen LogP) is 1.34. The monoisotopic (exact) mass is 270 g/mol. The molecule has 0 aliphatic heterocycles. The van der Waals surface area contributed by atoms with Crippen LogP contribution in [-0.4, -0.2) is 35.3 Å². The lowest BCUT2D eigenvalue weighted by atomic mass is 9.99. The second-order valence-electron chi connectivity index (χ2n) is 3.34. The molecule has 0 unspecified atom stereocenters. The minimum Gasteiger partial charge on any atom is -0.475 e. The number of carbonyl (C=O) groups excluding carboxylic acids is 2. The highest BCUT2D eigenvalue weighted by Gasteiger charge is 2.14. The Balaban J connectivity index is 0.000000203. The summed E-state index contributed by atoms with van der Waals surface area (Å²) in [7, 11) is 0. The summed E-state index contributed by atoms with van der Waals surface area (Å²) in [5.74, 6) is -3.10. The highest BCUT2D eigenvalue weighted by Crippen LogP contribution is 2.16. The third-order valence-electron chi connectivity index (χ3n) is 2.19. The molecular formula is C12H11ClO5. The average molecular weight is 271 g/mol. The molecule has 0 heterocycles. The van der Waals surface area contributed by atoms with Gasteiger partial charge in [-0.1, -0.05) is 12.1 Å². The number of carbonyl (C=O) groups is 3. The molecule has 0 radical (unpaired) electrons. The van der Waals surface area contributed by atoms with Gasteiger partial charge in [-0.15, -0.1) is 11.6 Å². The first-order chi connectivity index (χ1) is 8.51. The van der Waals surface area contributed by atoms with Gasteiger partial charge in [0.1, 0.15) is 0 Å². The summed E-state index contributed by atoms with van der Waals surface area (Å²) in [6, 6.07) is 5.77. The fraction of sp³-hybridized carbons (Fsp3) is 0.250.